The molecule has 0 radical (unpaired) electrons. The number of aliphatic hydroxyl groups excluding tert-OH is 2. The number of H-pyrrole nitrogens is 2. The second kappa shape index (κ2) is 16.2. The maximum atomic E-state index is 13.2. The van der Waals surface area contributed by atoms with E-state index in [1.807, 2.05) is 0 Å². The topological polar surface area (TPSA) is 270 Å². The number of aliphatic hydroxyl groups is 2. The molecule has 2 aliphatic carbocycles. The molecule has 10 N–H and O–H groups in total. The standard InChI is InChI=1S/C32H36Br4N10O8/c1-51-23-14(33)8-31(25(47)20(23)35)10-17(45-53-31)27(49)39-6-3-4-16-22(44-30(38)42-16)13(19-12-41-29(37)43-19)5-7-40-28(50)18-11-32(54-46-18)9-15(34)24(52-2)21(36)26(32)48/h8-9,12-13,25-26,47-48H,3-7,10-11H2,1-2H3,(H,39,49)(H,40,50)(H3,37,41,43)(H3,38,42,44). The summed E-state index contributed by atoms with van der Waals surface area (Å²) in [4.78, 5) is 52.4. The molecular formula is C32H36Br4N10O8. The highest BCUT2D eigenvalue weighted by atomic mass is 79.9. The number of carbonyl (C=O) groups excluding carboxylic acids is 2. The monoisotopic (exact) mass is 1000 g/mol. The molecule has 2 aliphatic heterocycles. The molecule has 2 aromatic rings. The van der Waals surface area contributed by atoms with Crippen molar-refractivity contribution in [3.8, 4) is 0 Å². The van der Waals surface area contributed by atoms with Crippen LogP contribution < -0.4 is 22.1 Å². The lowest BCUT2D eigenvalue weighted by Gasteiger charge is -2.33. The summed E-state index contributed by atoms with van der Waals surface area (Å²) in [5, 5.41) is 35.6. The number of nitrogens with two attached hydrogens (primary N) is 2. The van der Waals surface area contributed by atoms with Gasteiger partial charge in [-0.25, -0.2) is 9.97 Å². The first kappa shape index (κ1) is 40.0. The van der Waals surface area contributed by atoms with Crippen LogP contribution in [-0.4, -0.2) is 104 Å². The number of hydrogen-bond acceptors (Lipinski definition) is 14. The summed E-state index contributed by atoms with van der Waals surface area (Å²) >= 11 is 13.6. The number of ether oxygens (including phenoxy) is 2. The number of nitrogens with zero attached hydrogens (tertiary/aromatic N) is 4. The Labute approximate surface area is 341 Å². The Kier molecular flexibility index (Phi) is 12.0. The number of halogens is 4. The molecule has 5 atom stereocenters. The van der Waals surface area contributed by atoms with E-state index in [1.165, 1.54) is 14.2 Å². The zero-order valence-corrected chi connectivity index (χ0v) is 35.1. The number of aryl methyl sites for hydroxylation is 1. The summed E-state index contributed by atoms with van der Waals surface area (Å²) in [7, 11) is 2.95. The second-order valence-corrected chi connectivity index (χ2v) is 16.2. The molecule has 2 aromatic heterocycles. The lowest BCUT2D eigenvalue weighted by molar-refractivity contribution is -0.115. The van der Waals surface area contributed by atoms with Gasteiger partial charge in [0.25, 0.3) is 11.8 Å². The largest absolute Gasteiger partial charge is 0.495 e. The Bertz CT molecular complexity index is 2030. The number of allylic oxidation sites excluding steroid dienone is 2. The molecular weight excluding hydrogens is 972 g/mol. The van der Waals surface area contributed by atoms with Gasteiger partial charge >= 0.3 is 0 Å². The van der Waals surface area contributed by atoms with Crippen molar-refractivity contribution in [1.82, 2.24) is 30.6 Å². The third kappa shape index (κ3) is 7.72. The van der Waals surface area contributed by atoms with Crippen LogP contribution in [0.25, 0.3) is 0 Å². The SMILES string of the molecule is COC1=C(Br)C(O)C2(C=C1Br)CC(C(=O)NCCCc1[nH]c(N)nc1C(CCNC(=O)C1=NOC3(C=C(Br)C(OC)=C(Br)C3O)C1)c1cnc(N)[nH]1)=NO2. The van der Waals surface area contributed by atoms with E-state index in [-0.39, 0.29) is 49.3 Å². The molecule has 5 unspecified atom stereocenters. The molecule has 4 aliphatic rings. The van der Waals surface area contributed by atoms with Crippen LogP contribution in [0.2, 0.25) is 0 Å². The molecule has 0 saturated heterocycles. The average molecular weight is 1010 g/mol. The fourth-order valence-corrected chi connectivity index (χ4v) is 10.1. The van der Waals surface area contributed by atoms with Crippen molar-refractivity contribution in [2.45, 2.75) is 61.4 Å². The number of amides is 2. The molecule has 0 aromatic carbocycles. The van der Waals surface area contributed by atoms with Gasteiger partial charge in [0.05, 0.1) is 44.0 Å². The van der Waals surface area contributed by atoms with Gasteiger partial charge in [-0.1, -0.05) is 10.3 Å². The third-order valence-corrected chi connectivity index (χ3v) is 12.0. The molecule has 22 heteroatoms. The quantitative estimate of drug-likeness (QED) is 0.135. The van der Waals surface area contributed by atoms with Crippen LogP contribution >= 0.6 is 63.7 Å². The van der Waals surface area contributed by atoms with Gasteiger partial charge in [-0.15, -0.1) is 0 Å². The van der Waals surface area contributed by atoms with Crippen molar-refractivity contribution < 1.29 is 39.0 Å². The highest BCUT2D eigenvalue weighted by Gasteiger charge is 2.52. The number of aromatic nitrogens is 4. The number of carbonyl (C=O) groups is 2. The summed E-state index contributed by atoms with van der Waals surface area (Å²) in [6.07, 6.45) is 3.94. The molecule has 0 bridgehead atoms. The lowest BCUT2D eigenvalue weighted by atomic mass is 9.87. The fourth-order valence-electron chi connectivity index (χ4n) is 6.53. The molecule has 18 nitrogen and oxygen atoms in total. The summed E-state index contributed by atoms with van der Waals surface area (Å²) in [5.74, 6) is -0.0675. The van der Waals surface area contributed by atoms with Gasteiger partial charge in [0, 0.05) is 43.2 Å². The van der Waals surface area contributed by atoms with Crippen LogP contribution in [0.5, 0.6) is 0 Å². The van der Waals surface area contributed by atoms with Crippen molar-refractivity contribution in [3.05, 3.63) is 64.9 Å². The van der Waals surface area contributed by atoms with Crippen LogP contribution in [0.15, 0.2) is 58.1 Å². The van der Waals surface area contributed by atoms with E-state index in [0.29, 0.717) is 60.1 Å². The van der Waals surface area contributed by atoms with Crippen molar-refractivity contribution >= 4 is 98.9 Å². The van der Waals surface area contributed by atoms with E-state index in [2.05, 4.69) is 105 Å². The Hall–Kier alpha value is -3.70. The van der Waals surface area contributed by atoms with Crippen molar-refractivity contribution in [3.63, 3.8) is 0 Å². The number of oxime groups is 2. The Morgan fingerprint density at radius 2 is 1.44 bits per heavy atom. The number of nitrogen functional groups attached to an aromatic ring is 2. The number of imidazole rings is 2. The number of methoxy groups -OCH3 is 2. The predicted octanol–water partition coefficient (Wildman–Crippen LogP) is 2.83. The molecule has 2 amide bonds. The van der Waals surface area contributed by atoms with Gasteiger partial charge in [-0.3, -0.25) is 9.59 Å². The van der Waals surface area contributed by atoms with E-state index in [1.54, 1.807) is 18.3 Å². The highest BCUT2D eigenvalue weighted by Crippen LogP contribution is 2.45. The molecule has 2 spiro atoms. The molecule has 0 saturated carbocycles. The van der Waals surface area contributed by atoms with Gasteiger partial charge in [-0.2, -0.15) is 0 Å². The fraction of sp³-hybridized carbons (Fsp3) is 0.438. The molecule has 0 fully saturated rings. The second-order valence-electron chi connectivity index (χ2n) is 12.7. The van der Waals surface area contributed by atoms with Crippen LogP contribution in [0.1, 0.15) is 48.7 Å². The Morgan fingerprint density at radius 1 is 0.907 bits per heavy atom. The first-order valence-electron chi connectivity index (χ1n) is 16.4. The zero-order valence-electron chi connectivity index (χ0n) is 28.7. The van der Waals surface area contributed by atoms with E-state index in [9.17, 15) is 19.8 Å². The summed E-state index contributed by atoms with van der Waals surface area (Å²) < 4.78 is 12.5. The number of nitrogens with one attached hydrogen (secondary N) is 4. The van der Waals surface area contributed by atoms with Gasteiger partial charge in [0.15, 0.2) is 23.1 Å². The van der Waals surface area contributed by atoms with Gasteiger partial charge in [0.1, 0.15) is 35.1 Å². The third-order valence-electron chi connectivity index (χ3n) is 9.24. The number of hydrogen-bond donors (Lipinski definition) is 8. The Morgan fingerprint density at radius 3 is 1.94 bits per heavy atom. The first-order chi connectivity index (χ1) is 25.7. The van der Waals surface area contributed by atoms with Crippen LogP contribution in [0.3, 0.4) is 0 Å². The molecule has 290 valence electrons. The minimum absolute atomic E-state index is 0.0146. The minimum Gasteiger partial charge on any atom is -0.495 e. The van der Waals surface area contributed by atoms with Gasteiger partial charge in [-0.05, 0) is 95.1 Å². The predicted molar refractivity (Wildman–Crippen MR) is 210 cm³/mol. The number of rotatable bonds is 13. The maximum Gasteiger partial charge on any atom is 0.269 e. The maximum absolute atomic E-state index is 13.2. The van der Waals surface area contributed by atoms with Crippen molar-refractivity contribution in [2.75, 3.05) is 38.8 Å². The van der Waals surface area contributed by atoms with E-state index in [4.69, 9.17) is 30.6 Å². The molecule has 6 rings (SSSR count). The van der Waals surface area contributed by atoms with Crippen molar-refractivity contribution in [1.29, 1.82) is 0 Å². The van der Waals surface area contributed by atoms with Crippen LogP contribution in [0.4, 0.5) is 11.9 Å². The van der Waals surface area contributed by atoms with E-state index >= 15 is 0 Å². The highest BCUT2D eigenvalue weighted by molar-refractivity contribution is 9.12. The minimum atomic E-state index is -1.29. The summed E-state index contributed by atoms with van der Waals surface area (Å²) in [6.45, 7) is 0.479. The van der Waals surface area contributed by atoms with Crippen LogP contribution in [-0.2, 0) is 35.2 Å². The number of anilines is 2. The van der Waals surface area contributed by atoms with Crippen molar-refractivity contribution in [2.24, 2.45) is 10.3 Å². The average Bonchev–Trinajstić information content (AvgIpc) is 3.94. The van der Waals surface area contributed by atoms with E-state index < -0.39 is 41.1 Å². The lowest BCUT2D eigenvalue weighted by Crippen LogP contribution is -2.45. The van der Waals surface area contributed by atoms with Crippen LogP contribution in [0, 0.1) is 0 Å². The molecule has 4 heterocycles. The first-order valence-corrected chi connectivity index (χ1v) is 19.6. The van der Waals surface area contributed by atoms with Gasteiger partial charge in [0.2, 0.25) is 0 Å². The van der Waals surface area contributed by atoms with E-state index in [0.717, 1.165) is 5.69 Å². The summed E-state index contributed by atoms with van der Waals surface area (Å²) in [6, 6.07) is 0. The zero-order chi connectivity index (χ0) is 38.9. The van der Waals surface area contributed by atoms with Gasteiger partial charge < -0.3 is 61.4 Å². The molecule has 54 heavy (non-hydrogen) atoms. The Balaban J connectivity index is 1.05. The number of aromatic amines is 2. The smallest absolute Gasteiger partial charge is 0.269 e. The normalized spacial score (nSPS) is 25.5. The summed E-state index contributed by atoms with van der Waals surface area (Å²) in [5.41, 5.74) is 11.7.